The van der Waals surface area contributed by atoms with E-state index in [0.717, 1.165) is 19.0 Å². The monoisotopic (exact) mass is 250 g/mol. The molecule has 0 bridgehead atoms. The van der Waals surface area contributed by atoms with Gasteiger partial charge in [-0.25, -0.2) is 4.98 Å². The van der Waals surface area contributed by atoms with E-state index in [1.165, 1.54) is 42.8 Å². The minimum absolute atomic E-state index is 0.315. The molecule has 1 fully saturated rings. The van der Waals surface area contributed by atoms with Crippen LogP contribution >= 0.6 is 11.3 Å². The molecule has 0 radical (unpaired) electrons. The van der Waals surface area contributed by atoms with Gasteiger partial charge in [0.1, 0.15) is 0 Å². The third-order valence-corrected chi connectivity index (χ3v) is 5.53. The first-order chi connectivity index (χ1) is 8.17. The quantitative estimate of drug-likeness (QED) is 0.828. The predicted octanol–water partition coefficient (Wildman–Crippen LogP) is 3.22. The van der Waals surface area contributed by atoms with E-state index in [-0.39, 0.29) is 0 Å². The molecule has 1 saturated heterocycles. The summed E-state index contributed by atoms with van der Waals surface area (Å²) in [6.45, 7) is 7.05. The number of fused-ring (bicyclic) bond motifs is 1. The fraction of sp³-hybridized carbons (Fsp3) is 0.786. The zero-order valence-electron chi connectivity index (χ0n) is 10.9. The molecule has 94 valence electrons. The van der Waals surface area contributed by atoms with E-state index < -0.39 is 0 Å². The van der Waals surface area contributed by atoms with Crippen molar-refractivity contribution in [1.29, 1.82) is 0 Å². The lowest BCUT2D eigenvalue weighted by Crippen LogP contribution is -2.27. The van der Waals surface area contributed by atoms with Crippen molar-refractivity contribution < 1.29 is 0 Å². The van der Waals surface area contributed by atoms with Crippen LogP contribution in [0, 0.1) is 0 Å². The van der Waals surface area contributed by atoms with Crippen LogP contribution in [0.4, 0.5) is 0 Å². The molecule has 0 saturated carbocycles. The van der Waals surface area contributed by atoms with Crippen LogP contribution in [-0.4, -0.2) is 18.1 Å². The topological polar surface area (TPSA) is 24.9 Å². The maximum absolute atomic E-state index is 5.02. The fourth-order valence-corrected chi connectivity index (χ4v) is 4.58. The Morgan fingerprint density at radius 3 is 2.76 bits per heavy atom. The molecule has 1 aromatic heterocycles. The summed E-state index contributed by atoms with van der Waals surface area (Å²) >= 11 is 2.01. The first-order valence-corrected chi connectivity index (χ1v) is 7.69. The van der Waals surface area contributed by atoms with Crippen LogP contribution in [0.15, 0.2) is 0 Å². The van der Waals surface area contributed by atoms with Gasteiger partial charge in [-0.1, -0.05) is 13.8 Å². The van der Waals surface area contributed by atoms with Crippen LogP contribution in [0.25, 0.3) is 0 Å². The van der Waals surface area contributed by atoms with E-state index in [1.807, 2.05) is 11.3 Å². The third-order valence-electron chi connectivity index (χ3n) is 4.25. The molecule has 1 N–H and O–H groups in total. The minimum Gasteiger partial charge on any atom is -0.317 e. The lowest BCUT2D eigenvalue weighted by molar-refractivity contribution is 0.418. The average molecular weight is 250 g/mol. The Morgan fingerprint density at radius 2 is 2.06 bits per heavy atom. The molecule has 2 aliphatic rings. The van der Waals surface area contributed by atoms with Gasteiger partial charge in [0.15, 0.2) is 0 Å². The maximum Gasteiger partial charge on any atom is 0.0963 e. The number of hydrogen-bond acceptors (Lipinski definition) is 3. The van der Waals surface area contributed by atoms with E-state index >= 15 is 0 Å². The normalized spacial score (nSPS) is 24.6. The van der Waals surface area contributed by atoms with Gasteiger partial charge in [-0.2, -0.15) is 0 Å². The van der Waals surface area contributed by atoms with Crippen LogP contribution in [-0.2, 0) is 11.8 Å². The van der Waals surface area contributed by atoms with Crippen LogP contribution in [0.2, 0.25) is 0 Å². The van der Waals surface area contributed by atoms with Crippen molar-refractivity contribution in [2.45, 2.75) is 57.3 Å². The lowest BCUT2D eigenvalue weighted by atomic mass is 9.79. The summed E-state index contributed by atoms with van der Waals surface area (Å²) in [5, 5.41) is 4.86. The second-order valence-corrected chi connectivity index (χ2v) is 7.20. The molecule has 2 heterocycles. The highest BCUT2D eigenvalue weighted by Crippen LogP contribution is 2.41. The molecule has 17 heavy (non-hydrogen) atoms. The van der Waals surface area contributed by atoms with Crippen LogP contribution in [0.1, 0.15) is 61.0 Å². The van der Waals surface area contributed by atoms with E-state index in [1.54, 1.807) is 4.88 Å². The first kappa shape index (κ1) is 11.7. The molecule has 2 nitrogen and oxygen atoms in total. The Hall–Kier alpha value is -0.410. The van der Waals surface area contributed by atoms with Crippen molar-refractivity contribution in [3.63, 3.8) is 0 Å². The largest absolute Gasteiger partial charge is 0.317 e. The summed E-state index contributed by atoms with van der Waals surface area (Å²) in [5.41, 5.74) is 1.73. The summed E-state index contributed by atoms with van der Waals surface area (Å²) in [6.07, 6.45) is 6.45. The highest BCUT2D eigenvalue weighted by Gasteiger charge is 2.32. The Kier molecular flexibility index (Phi) is 2.99. The lowest BCUT2D eigenvalue weighted by Gasteiger charge is -2.28. The number of aromatic nitrogens is 1. The van der Waals surface area contributed by atoms with E-state index in [2.05, 4.69) is 19.2 Å². The maximum atomic E-state index is 5.02. The summed E-state index contributed by atoms with van der Waals surface area (Å²) in [4.78, 5) is 6.60. The molecule has 1 aliphatic carbocycles. The third kappa shape index (κ3) is 2.15. The summed E-state index contributed by atoms with van der Waals surface area (Å²) in [5.74, 6) is 0.725. The standard InChI is InChI=1S/C14H22N2S/c1-14(2)7-3-4-11-12(14)16-13(17-11)10-5-8-15-9-6-10/h10,15H,3-9H2,1-2H3. The highest BCUT2D eigenvalue weighted by molar-refractivity contribution is 7.11. The van der Waals surface area contributed by atoms with Crippen LogP contribution in [0.5, 0.6) is 0 Å². The molecule has 0 aromatic carbocycles. The Labute approximate surface area is 108 Å². The molecule has 1 aliphatic heterocycles. The van der Waals surface area contributed by atoms with Gasteiger partial charge in [-0.15, -0.1) is 11.3 Å². The number of rotatable bonds is 1. The molecule has 3 heteroatoms. The van der Waals surface area contributed by atoms with Gasteiger partial charge in [-0.05, 0) is 45.2 Å². The van der Waals surface area contributed by atoms with Crippen LogP contribution < -0.4 is 5.32 Å². The number of nitrogens with zero attached hydrogens (tertiary/aromatic N) is 1. The number of thiazole rings is 1. The molecule has 3 rings (SSSR count). The molecule has 0 amide bonds. The number of hydrogen-bond donors (Lipinski definition) is 1. The summed E-state index contributed by atoms with van der Waals surface area (Å²) in [6, 6.07) is 0. The number of piperidine rings is 1. The van der Waals surface area contributed by atoms with Crippen molar-refractivity contribution in [2.24, 2.45) is 0 Å². The van der Waals surface area contributed by atoms with Gasteiger partial charge in [0.2, 0.25) is 0 Å². The van der Waals surface area contributed by atoms with Gasteiger partial charge in [0, 0.05) is 16.2 Å². The van der Waals surface area contributed by atoms with E-state index in [4.69, 9.17) is 4.98 Å². The Balaban J connectivity index is 1.90. The van der Waals surface area contributed by atoms with E-state index in [0.29, 0.717) is 5.41 Å². The average Bonchev–Trinajstić information content (AvgIpc) is 2.75. The van der Waals surface area contributed by atoms with Crippen molar-refractivity contribution in [2.75, 3.05) is 13.1 Å². The van der Waals surface area contributed by atoms with E-state index in [9.17, 15) is 0 Å². The SMILES string of the molecule is CC1(C)CCCc2sc(C3CCNCC3)nc21. The summed E-state index contributed by atoms with van der Waals surface area (Å²) < 4.78 is 0. The van der Waals surface area contributed by atoms with Crippen molar-refractivity contribution in [1.82, 2.24) is 10.3 Å². The zero-order valence-corrected chi connectivity index (χ0v) is 11.7. The first-order valence-electron chi connectivity index (χ1n) is 6.87. The fourth-order valence-electron chi connectivity index (χ4n) is 3.12. The molecule has 0 spiro atoms. The minimum atomic E-state index is 0.315. The predicted molar refractivity (Wildman–Crippen MR) is 72.9 cm³/mol. The second kappa shape index (κ2) is 4.36. The van der Waals surface area contributed by atoms with Gasteiger partial charge < -0.3 is 5.32 Å². The smallest absolute Gasteiger partial charge is 0.0963 e. The zero-order chi connectivity index (χ0) is 11.9. The Morgan fingerprint density at radius 1 is 1.29 bits per heavy atom. The van der Waals surface area contributed by atoms with Crippen molar-refractivity contribution in [3.05, 3.63) is 15.6 Å². The second-order valence-electron chi connectivity index (χ2n) is 6.09. The number of nitrogens with one attached hydrogen (secondary N) is 1. The van der Waals surface area contributed by atoms with Gasteiger partial charge >= 0.3 is 0 Å². The van der Waals surface area contributed by atoms with Gasteiger partial charge in [-0.3, -0.25) is 0 Å². The van der Waals surface area contributed by atoms with Gasteiger partial charge in [0.25, 0.3) is 0 Å². The molecule has 0 atom stereocenters. The summed E-state index contributed by atoms with van der Waals surface area (Å²) in [7, 11) is 0. The molecule has 1 aromatic rings. The Bertz CT molecular complexity index is 402. The van der Waals surface area contributed by atoms with Crippen LogP contribution in [0.3, 0.4) is 0 Å². The van der Waals surface area contributed by atoms with Crippen molar-refractivity contribution >= 4 is 11.3 Å². The molecular weight excluding hydrogens is 228 g/mol. The molecular formula is C14H22N2S. The highest BCUT2D eigenvalue weighted by atomic mass is 32.1. The van der Waals surface area contributed by atoms with Crippen molar-refractivity contribution in [3.8, 4) is 0 Å². The molecule has 0 unspecified atom stereocenters. The number of aryl methyl sites for hydroxylation is 1. The van der Waals surface area contributed by atoms with Gasteiger partial charge in [0.05, 0.1) is 10.7 Å².